The maximum atomic E-state index is 12.1. The van der Waals surface area contributed by atoms with Crippen molar-refractivity contribution in [3.8, 4) is 11.5 Å². The lowest BCUT2D eigenvalue weighted by atomic mass is 10.1. The van der Waals surface area contributed by atoms with Crippen LogP contribution in [0.1, 0.15) is 16.7 Å². The Bertz CT molecular complexity index is 1090. The van der Waals surface area contributed by atoms with Crippen molar-refractivity contribution in [2.45, 2.75) is 13.5 Å². The number of rotatable bonds is 6. The van der Waals surface area contributed by atoms with Crippen LogP contribution in [0, 0.1) is 6.92 Å². The van der Waals surface area contributed by atoms with Gasteiger partial charge in [-0.25, -0.2) is 9.59 Å². The number of hydrogen-bond donors (Lipinski definition) is 0. The summed E-state index contributed by atoms with van der Waals surface area (Å²) < 4.78 is 20.9. The predicted octanol–water partition coefficient (Wildman–Crippen LogP) is 3.88. The van der Waals surface area contributed by atoms with Crippen molar-refractivity contribution < 1.29 is 23.4 Å². The minimum atomic E-state index is -0.536. The third kappa shape index (κ3) is 4.40. The molecule has 0 atom stereocenters. The van der Waals surface area contributed by atoms with Crippen molar-refractivity contribution in [1.82, 2.24) is 0 Å². The molecule has 0 aliphatic carbocycles. The van der Waals surface area contributed by atoms with E-state index < -0.39 is 11.6 Å². The molecule has 0 N–H and O–H groups in total. The Morgan fingerprint density at radius 1 is 1.07 bits per heavy atom. The fourth-order valence-corrected chi connectivity index (χ4v) is 2.77. The lowest BCUT2D eigenvalue weighted by molar-refractivity contribution is -0.138. The Morgan fingerprint density at radius 2 is 1.89 bits per heavy atom. The molecular formula is C22H20O6. The van der Waals surface area contributed by atoms with E-state index in [0.717, 1.165) is 10.9 Å². The maximum Gasteiger partial charge on any atom is 0.336 e. The maximum absolute atomic E-state index is 12.1. The Kier molecular flexibility index (Phi) is 5.79. The zero-order valence-corrected chi connectivity index (χ0v) is 15.9. The molecule has 1 heterocycles. The van der Waals surface area contributed by atoms with Gasteiger partial charge in [0.25, 0.3) is 0 Å². The SMILES string of the molecule is COc1ccc(C=CC(=O)OCc2cc(=O)oc3cc(C)ccc23)c(OC)c1. The standard InChI is InChI=1S/C22H20O6/c1-14-4-8-18-16(11-22(24)28-20(18)10-14)13-27-21(23)9-6-15-5-7-17(25-2)12-19(15)26-3/h4-12H,13H2,1-3H3. The molecular weight excluding hydrogens is 360 g/mol. The Morgan fingerprint density at radius 3 is 2.64 bits per heavy atom. The van der Waals surface area contributed by atoms with Crippen molar-refractivity contribution in [3.05, 3.63) is 75.7 Å². The molecule has 3 rings (SSSR count). The van der Waals surface area contributed by atoms with Crippen molar-refractivity contribution in [2.75, 3.05) is 14.2 Å². The van der Waals surface area contributed by atoms with Gasteiger partial charge in [-0.15, -0.1) is 0 Å². The molecule has 0 bridgehead atoms. The molecule has 1 aromatic heterocycles. The lowest BCUT2D eigenvalue weighted by Gasteiger charge is -2.08. The number of benzene rings is 2. The molecule has 0 unspecified atom stereocenters. The van der Waals surface area contributed by atoms with E-state index in [0.29, 0.717) is 28.2 Å². The molecule has 0 aliphatic rings. The van der Waals surface area contributed by atoms with Crippen molar-refractivity contribution in [1.29, 1.82) is 0 Å². The fraction of sp³-hybridized carbons (Fsp3) is 0.182. The molecule has 0 saturated carbocycles. The Labute approximate surface area is 162 Å². The van der Waals surface area contributed by atoms with Gasteiger partial charge in [0.1, 0.15) is 23.7 Å². The van der Waals surface area contributed by atoms with Gasteiger partial charge in [0.2, 0.25) is 0 Å². The molecule has 2 aromatic carbocycles. The predicted molar refractivity (Wildman–Crippen MR) is 106 cm³/mol. The fourth-order valence-electron chi connectivity index (χ4n) is 2.77. The molecule has 0 fully saturated rings. The number of ether oxygens (including phenoxy) is 3. The molecule has 0 aliphatic heterocycles. The third-order valence-corrected chi connectivity index (χ3v) is 4.20. The second-order valence-corrected chi connectivity index (χ2v) is 6.14. The van der Waals surface area contributed by atoms with Crippen LogP contribution in [0.15, 0.2) is 57.8 Å². The average Bonchev–Trinajstić information content (AvgIpc) is 2.69. The molecule has 0 spiro atoms. The van der Waals surface area contributed by atoms with Gasteiger partial charge in [-0.2, -0.15) is 0 Å². The molecule has 6 nitrogen and oxygen atoms in total. The van der Waals surface area contributed by atoms with E-state index in [1.807, 2.05) is 19.1 Å². The van der Waals surface area contributed by atoms with E-state index in [-0.39, 0.29) is 6.61 Å². The first-order valence-electron chi connectivity index (χ1n) is 8.60. The van der Waals surface area contributed by atoms with E-state index in [9.17, 15) is 9.59 Å². The van der Waals surface area contributed by atoms with Gasteiger partial charge in [-0.1, -0.05) is 12.1 Å². The Hall–Kier alpha value is -3.54. The largest absolute Gasteiger partial charge is 0.497 e. The molecule has 0 saturated heterocycles. The summed E-state index contributed by atoms with van der Waals surface area (Å²) in [4.78, 5) is 23.9. The first-order valence-corrected chi connectivity index (χ1v) is 8.60. The van der Waals surface area contributed by atoms with Gasteiger partial charge in [-0.05, 0) is 36.8 Å². The normalized spacial score (nSPS) is 11.0. The second kappa shape index (κ2) is 8.43. The van der Waals surface area contributed by atoms with Crippen molar-refractivity contribution >= 4 is 23.0 Å². The van der Waals surface area contributed by atoms with Gasteiger partial charge in [-0.3, -0.25) is 0 Å². The van der Waals surface area contributed by atoms with Crippen LogP contribution < -0.4 is 15.1 Å². The first-order chi connectivity index (χ1) is 13.5. The molecule has 0 amide bonds. The van der Waals surface area contributed by atoms with Crippen LogP contribution in [0.25, 0.3) is 17.0 Å². The van der Waals surface area contributed by atoms with Gasteiger partial charge in [0.15, 0.2) is 0 Å². The van der Waals surface area contributed by atoms with E-state index in [1.54, 1.807) is 37.5 Å². The number of hydrogen-bond acceptors (Lipinski definition) is 6. The van der Waals surface area contributed by atoms with Crippen LogP contribution in [-0.4, -0.2) is 20.2 Å². The number of methoxy groups -OCH3 is 2. The zero-order valence-electron chi connectivity index (χ0n) is 15.9. The molecule has 6 heteroatoms. The van der Waals surface area contributed by atoms with Crippen molar-refractivity contribution in [2.24, 2.45) is 0 Å². The van der Waals surface area contributed by atoms with Crippen LogP contribution in [0.3, 0.4) is 0 Å². The highest BCUT2D eigenvalue weighted by molar-refractivity contribution is 5.88. The highest BCUT2D eigenvalue weighted by Gasteiger charge is 2.08. The van der Waals surface area contributed by atoms with Gasteiger partial charge < -0.3 is 18.6 Å². The number of carbonyl (C=O) groups excluding carboxylic acids is 1. The number of aryl methyl sites for hydroxylation is 1. The average molecular weight is 380 g/mol. The minimum absolute atomic E-state index is 0.0336. The summed E-state index contributed by atoms with van der Waals surface area (Å²) in [5.74, 6) is 0.693. The van der Waals surface area contributed by atoms with Gasteiger partial charge >= 0.3 is 11.6 Å². The quantitative estimate of drug-likeness (QED) is 0.367. The lowest BCUT2D eigenvalue weighted by Crippen LogP contribution is -2.05. The highest BCUT2D eigenvalue weighted by atomic mass is 16.5. The van der Waals surface area contributed by atoms with Crippen LogP contribution in [0.2, 0.25) is 0 Å². The van der Waals surface area contributed by atoms with E-state index >= 15 is 0 Å². The topological polar surface area (TPSA) is 75.0 Å². The highest BCUT2D eigenvalue weighted by Crippen LogP contribution is 2.25. The van der Waals surface area contributed by atoms with Gasteiger partial charge in [0.05, 0.1) is 14.2 Å². The number of fused-ring (bicyclic) bond motifs is 1. The summed E-state index contributed by atoms with van der Waals surface area (Å²) in [7, 11) is 3.11. The molecule has 3 aromatic rings. The third-order valence-electron chi connectivity index (χ3n) is 4.20. The van der Waals surface area contributed by atoms with Crippen molar-refractivity contribution in [3.63, 3.8) is 0 Å². The second-order valence-electron chi connectivity index (χ2n) is 6.14. The zero-order chi connectivity index (χ0) is 20.1. The van der Waals surface area contributed by atoms with E-state index in [1.165, 1.54) is 19.3 Å². The summed E-state index contributed by atoms with van der Waals surface area (Å²) in [6.07, 6.45) is 2.91. The van der Waals surface area contributed by atoms with Crippen LogP contribution in [-0.2, 0) is 16.1 Å². The number of esters is 1. The summed E-state index contributed by atoms with van der Waals surface area (Å²) in [5.41, 5.74) is 2.26. The van der Waals surface area contributed by atoms with Crippen LogP contribution in [0.4, 0.5) is 0 Å². The molecule has 144 valence electrons. The molecule has 0 radical (unpaired) electrons. The summed E-state index contributed by atoms with van der Waals surface area (Å²) in [6, 6.07) is 12.1. The van der Waals surface area contributed by atoms with Crippen LogP contribution >= 0.6 is 0 Å². The number of carbonyl (C=O) groups is 1. The summed E-state index contributed by atoms with van der Waals surface area (Å²) in [5, 5.41) is 0.735. The summed E-state index contributed by atoms with van der Waals surface area (Å²) >= 11 is 0. The molecule has 28 heavy (non-hydrogen) atoms. The van der Waals surface area contributed by atoms with E-state index in [4.69, 9.17) is 18.6 Å². The summed E-state index contributed by atoms with van der Waals surface area (Å²) in [6.45, 7) is 1.87. The van der Waals surface area contributed by atoms with Crippen LogP contribution in [0.5, 0.6) is 11.5 Å². The van der Waals surface area contributed by atoms with E-state index in [2.05, 4.69) is 0 Å². The smallest absolute Gasteiger partial charge is 0.336 e. The van der Waals surface area contributed by atoms with Gasteiger partial charge in [0, 0.05) is 34.7 Å². The minimum Gasteiger partial charge on any atom is -0.497 e. The monoisotopic (exact) mass is 380 g/mol. The first kappa shape index (κ1) is 19.2. The Balaban J connectivity index is 1.74.